The number of hydrogen-bond donors (Lipinski definition) is 0. The van der Waals surface area contributed by atoms with Crippen molar-refractivity contribution in [1.29, 1.82) is 0 Å². The molecule has 0 amide bonds. The van der Waals surface area contributed by atoms with Gasteiger partial charge in [0.25, 0.3) is 0 Å². The van der Waals surface area contributed by atoms with Crippen LogP contribution in [0, 0.1) is 0 Å². The second kappa shape index (κ2) is 4.29. The van der Waals surface area contributed by atoms with E-state index in [-0.39, 0.29) is 6.10 Å². The Balaban J connectivity index is 2.28. The molecule has 0 aliphatic carbocycles. The van der Waals surface area contributed by atoms with Crippen LogP contribution in [0.15, 0.2) is 12.2 Å². The van der Waals surface area contributed by atoms with E-state index in [1.54, 1.807) is 0 Å². The third-order valence-electron chi connectivity index (χ3n) is 1.82. The molecule has 2 nitrogen and oxygen atoms in total. The molecule has 0 radical (unpaired) electrons. The lowest BCUT2D eigenvalue weighted by atomic mass is 10.1. The number of hydrogen-bond acceptors (Lipinski definition) is 2. The first kappa shape index (κ1) is 8.47. The number of carbonyl (C=O) groups is 1. The van der Waals surface area contributed by atoms with E-state index in [9.17, 15) is 4.79 Å². The predicted molar refractivity (Wildman–Crippen MR) is 43.4 cm³/mol. The van der Waals surface area contributed by atoms with Gasteiger partial charge in [0, 0.05) is 12.8 Å². The molecule has 62 valence electrons. The monoisotopic (exact) mass is 154 g/mol. The maximum atomic E-state index is 10.9. The summed E-state index contributed by atoms with van der Waals surface area (Å²) in [5.74, 6) is 0.339. The van der Waals surface area contributed by atoms with E-state index in [0.29, 0.717) is 25.2 Å². The molecule has 1 heterocycles. The summed E-state index contributed by atoms with van der Waals surface area (Å²) in [6.07, 6.45) is 6.26. The quantitative estimate of drug-likeness (QED) is 0.566. The summed E-state index contributed by atoms with van der Waals surface area (Å²) in [5, 5.41) is 0. The highest BCUT2D eigenvalue weighted by molar-refractivity contribution is 5.79. The third-order valence-corrected chi connectivity index (χ3v) is 1.82. The lowest BCUT2D eigenvalue weighted by Crippen LogP contribution is -2.24. The Morgan fingerprint density at radius 2 is 2.55 bits per heavy atom. The summed E-state index contributed by atoms with van der Waals surface area (Å²) < 4.78 is 5.38. The highest BCUT2D eigenvalue weighted by atomic mass is 16.5. The molecule has 1 aliphatic rings. The van der Waals surface area contributed by atoms with Gasteiger partial charge in [0.1, 0.15) is 5.78 Å². The standard InChI is InChI=1S/C9H14O2/c1-2-3-4-9-7-8(10)5-6-11-9/h2-3,9H,4-7H2,1H3. The van der Waals surface area contributed by atoms with Crippen LogP contribution in [0.4, 0.5) is 0 Å². The molecule has 11 heavy (non-hydrogen) atoms. The SMILES string of the molecule is CC=CCC1CC(=O)CCO1. The summed E-state index contributed by atoms with van der Waals surface area (Å²) in [6.45, 7) is 2.59. The van der Waals surface area contributed by atoms with Crippen LogP contribution in [0.25, 0.3) is 0 Å². The molecule has 0 N–H and O–H groups in total. The molecule has 1 rings (SSSR count). The number of allylic oxidation sites excluding steroid dienone is 1. The number of ether oxygens (including phenoxy) is 1. The second-order valence-corrected chi connectivity index (χ2v) is 2.79. The molecule has 0 aromatic rings. The summed E-state index contributed by atoms with van der Waals surface area (Å²) in [7, 11) is 0. The zero-order valence-corrected chi connectivity index (χ0v) is 6.88. The first-order chi connectivity index (χ1) is 5.33. The molecule has 1 saturated heterocycles. The Bertz CT molecular complexity index is 161. The van der Waals surface area contributed by atoms with Crippen molar-refractivity contribution in [2.24, 2.45) is 0 Å². The van der Waals surface area contributed by atoms with Gasteiger partial charge in [-0.1, -0.05) is 12.2 Å². The van der Waals surface area contributed by atoms with Crippen LogP contribution in [-0.4, -0.2) is 18.5 Å². The topological polar surface area (TPSA) is 26.3 Å². The van der Waals surface area contributed by atoms with Gasteiger partial charge in [-0.3, -0.25) is 4.79 Å². The Morgan fingerprint density at radius 1 is 1.73 bits per heavy atom. The lowest BCUT2D eigenvalue weighted by molar-refractivity contribution is -0.128. The fourth-order valence-corrected chi connectivity index (χ4v) is 1.19. The molecule has 1 fully saturated rings. The van der Waals surface area contributed by atoms with E-state index in [4.69, 9.17) is 4.74 Å². The van der Waals surface area contributed by atoms with E-state index in [1.165, 1.54) is 0 Å². The van der Waals surface area contributed by atoms with Gasteiger partial charge in [0.05, 0.1) is 12.7 Å². The van der Waals surface area contributed by atoms with Crippen molar-refractivity contribution < 1.29 is 9.53 Å². The van der Waals surface area contributed by atoms with Crippen LogP contribution >= 0.6 is 0 Å². The van der Waals surface area contributed by atoms with Gasteiger partial charge in [-0.2, -0.15) is 0 Å². The first-order valence-electron chi connectivity index (χ1n) is 4.07. The van der Waals surface area contributed by atoms with Crippen molar-refractivity contribution in [3.05, 3.63) is 12.2 Å². The minimum atomic E-state index is 0.146. The average molecular weight is 154 g/mol. The molecule has 0 aromatic heterocycles. The average Bonchev–Trinajstić information content (AvgIpc) is 2.01. The van der Waals surface area contributed by atoms with Crippen molar-refractivity contribution in [2.45, 2.75) is 32.3 Å². The zero-order chi connectivity index (χ0) is 8.10. The maximum Gasteiger partial charge on any atom is 0.137 e. The molecule has 0 aromatic carbocycles. The number of carbonyl (C=O) groups excluding carboxylic acids is 1. The van der Waals surface area contributed by atoms with Crippen LogP contribution in [0.2, 0.25) is 0 Å². The van der Waals surface area contributed by atoms with Gasteiger partial charge in [-0.25, -0.2) is 0 Å². The smallest absolute Gasteiger partial charge is 0.137 e. The fraction of sp³-hybridized carbons (Fsp3) is 0.667. The van der Waals surface area contributed by atoms with Gasteiger partial charge in [-0.15, -0.1) is 0 Å². The Labute approximate surface area is 67.2 Å². The largest absolute Gasteiger partial charge is 0.377 e. The molecule has 1 aliphatic heterocycles. The van der Waals surface area contributed by atoms with E-state index in [0.717, 1.165) is 6.42 Å². The molecule has 0 saturated carbocycles. The van der Waals surface area contributed by atoms with E-state index in [1.807, 2.05) is 19.1 Å². The van der Waals surface area contributed by atoms with Gasteiger partial charge in [0.2, 0.25) is 0 Å². The van der Waals surface area contributed by atoms with Crippen molar-refractivity contribution in [1.82, 2.24) is 0 Å². The van der Waals surface area contributed by atoms with E-state index < -0.39 is 0 Å². The van der Waals surface area contributed by atoms with Crippen molar-refractivity contribution in [3.63, 3.8) is 0 Å². The molecule has 0 bridgehead atoms. The highest BCUT2D eigenvalue weighted by Gasteiger charge is 2.18. The molecule has 0 spiro atoms. The maximum absolute atomic E-state index is 10.9. The van der Waals surface area contributed by atoms with Gasteiger partial charge in [0.15, 0.2) is 0 Å². The molecule has 1 unspecified atom stereocenters. The van der Waals surface area contributed by atoms with Crippen LogP contribution < -0.4 is 0 Å². The molecule has 2 heteroatoms. The molecular formula is C9H14O2. The van der Waals surface area contributed by atoms with Gasteiger partial charge >= 0.3 is 0 Å². The number of rotatable bonds is 2. The predicted octanol–water partition coefficient (Wildman–Crippen LogP) is 1.70. The minimum absolute atomic E-state index is 0.146. The van der Waals surface area contributed by atoms with Crippen LogP contribution in [0.1, 0.15) is 26.2 Å². The van der Waals surface area contributed by atoms with Crippen LogP contribution in [0.5, 0.6) is 0 Å². The summed E-state index contributed by atoms with van der Waals surface area (Å²) in [4.78, 5) is 10.9. The van der Waals surface area contributed by atoms with Gasteiger partial charge < -0.3 is 4.74 Å². The molecule has 1 atom stereocenters. The van der Waals surface area contributed by atoms with Crippen LogP contribution in [-0.2, 0) is 9.53 Å². The lowest BCUT2D eigenvalue weighted by Gasteiger charge is -2.20. The van der Waals surface area contributed by atoms with E-state index >= 15 is 0 Å². The van der Waals surface area contributed by atoms with Gasteiger partial charge in [-0.05, 0) is 13.3 Å². The minimum Gasteiger partial charge on any atom is -0.377 e. The van der Waals surface area contributed by atoms with Crippen LogP contribution in [0.3, 0.4) is 0 Å². The normalized spacial score (nSPS) is 26.3. The van der Waals surface area contributed by atoms with Crippen molar-refractivity contribution in [3.8, 4) is 0 Å². The Morgan fingerprint density at radius 3 is 3.18 bits per heavy atom. The summed E-state index contributed by atoms with van der Waals surface area (Å²) >= 11 is 0. The highest BCUT2D eigenvalue weighted by Crippen LogP contribution is 2.12. The molecular weight excluding hydrogens is 140 g/mol. The Kier molecular flexibility index (Phi) is 3.30. The third kappa shape index (κ3) is 2.85. The Hall–Kier alpha value is -0.630. The van der Waals surface area contributed by atoms with Crippen molar-refractivity contribution in [2.75, 3.05) is 6.61 Å². The fourth-order valence-electron chi connectivity index (χ4n) is 1.19. The summed E-state index contributed by atoms with van der Waals surface area (Å²) in [5.41, 5.74) is 0. The zero-order valence-electron chi connectivity index (χ0n) is 6.88. The van der Waals surface area contributed by atoms with Crippen molar-refractivity contribution >= 4 is 5.78 Å². The number of ketones is 1. The second-order valence-electron chi connectivity index (χ2n) is 2.79. The first-order valence-corrected chi connectivity index (χ1v) is 4.07. The summed E-state index contributed by atoms with van der Waals surface area (Å²) in [6, 6.07) is 0. The number of Topliss-reactive ketones (excluding diaryl/α,β-unsaturated/α-hetero) is 1. The van der Waals surface area contributed by atoms with E-state index in [2.05, 4.69) is 0 Å².